The first-order chi connectivity index (χ1) is 17.5. The van der Waals surface area contributed by atoms with E-state index < -0.39 is 0 Å². The number of esters is 1. The predicted molar refractivity (Wildman–Crippen MR) is 152 cm³/mol. The number of benzene rings is 2. The van der Waals surface area contributed by atoms with Gasteiger partial charge in [0.1, 0.15) is 0 Å². The number of amides is 1. The van der Waals surface area contributed by atoms with Gasteiger partial charge in [-0.15, -0.1) is 0 Å². The molecule has 2 saturated heterocycles. The van der Waals surface area contributed by atoms with E-state index in [2.05, 4.69) is 82.8 Å². The van der Waals surface area contributed by atoms with Crippen LogP contribution in [0, 0.1) is 5.92 Å². The monoisotopic (exact) mass is 529 g/mol. The lowest BCUT2D eigenvalue weighted by Crippen LogP contribution is -2.51. The van der Waals surface area contributed by atoms with Crippen LogP contribution in [0.5, 0.6) is 0 Å². The number of piperidine rings is 1. The molecule has 0 radical (unpaired) electrons. The summed E-state index contributed by atoms with van der Waals surface area (Å²) in [4.78, 5) is 30.0. The quantitative estimate of drug-likeness (QED) is 0.290. The molecule has 1 amide bonds. The van der Waals surface area contributed by atoms with E-state index in [1.807, 2.05) is 0 Å². The minimum absolute atomic E-state index is 0.0351. The molecule has 2 aromatic carbocycles. The number of hydrogen-bond donors (Lipinski definition) is 3. The van der Waals surface area contributed by atoms with Crippen LogP contribution in [0.1, 0.15) is 37.2 Å². The van der Waals surface area contributed by atoms with Crippen molar-refractivity contribution in [3.8, 4) is 0 Å². The first kappa shape index (κ1) is 27.3. The molecule has 0 aliphatic carbocycles. The lowest BCUT2D eigenvalue weighted by Gasteiger charge is -2.44. The van der Waals surface area contributed by atoms with E-state index in [-0.39, 0.29) is 29.8 Å². The first-order valence-corrected chi connectivity index (χ1v) is 14.3. The number of nitrogens with zero attached hydrogens (tertiary/aromatic N) is 2. The average molecular weight is 530 g/mol. The average Bonchev–Trinajstić information content (AvgIpc) is 3.17. The van der Waals surface area contributed by atoms with Gasteiger partial charge in [0, 0.05) is 42.6 Å². The summed E-state index contributed by atoms with van der Waals surface area (Å²) in [5, 5.41) is 5.34. The SMILES string of the molecule is COC(=O)[C@@H]1[C@H]2CC[C@@H](C[C@H]1c1ccc3ccccc3c1)N2CCCN(CCS)CC(=O)NCCS. The molecule has 2 heterocycles. The van der Waals surface area contributed by atoms with Crippen LogP contribution in [0.3, 0.4) is 0 Å². The van der Waals surface area contributed by atoms with Gasteiger partial charge in [-0.2, -0.15) is 25.3 Å². The van der Waals surface area contributed by atoms with Gasteiger partial charge in [0.05, 0.1) is 19.6 Å². The predicted octanol–water partition coefficient (Wildman–Crippen LogP) is 3.62. The molecule has 2 aliphatic rings. The van der Waals surface area contributed by atoms with Gasteiger partial charge in [0.2, 0.25) is 5.91 Å². The molecule has 0 spiro atoms. The molecule has 4 rings (SSSR count). The van der Waals surface area contributed by atoms with Crippen molar-refractivity contribution in [1.82, 2.24) is 15.1 Å². The van der Waals surface area contributed by atoms with Gasteiger partial charge in [0.15, 0.2) is 0 Å². The third-order valence-corrected chi connectivity index (χ3v) is 8.27. The molecular formula is C28H39N3O3S2. The van der Waals surface area contributed by atoms with Crippen LogP contribution in [0.2, 0.25) is 0 Å². The lowest BCUT2D eigenvalue weighted by atomic mass is 9.75. The number of hydrogen-bond acceptors (Lipinski definition) is 7. The number of nitrogens with one attached hydrogen (secondary N) is 1. The van der Waals surface area contributed by atoms with E-state index in [4.69, 9.17) is 4.74 Å². The van der Waals surface area contributed by atoms with Crippen LogP contribution in [-0.4, -0.2) is 85.1 Å². The van der Waals surface area contributed by atoms with Gasteiger partial charge in [-0.3, -0.25) is 19.4 Å². The highest BCUT2D eigenvalue weighted by atomic mass is 32.1. The van der Waals surface area contributed by atoms with Gasteiger partial charge in [-0.25, -0.2) is 0 Å². The maximum absolute atomic E-state index is 13.1. The van der Waals surface area contributed by atoms with Crippen molar-refractivity contribution < 1.29 is 14.3 Å². The summed E-state index contributed by atoms with van der Waals surface area (Å²) in [7, 11) is 1.51. The Morgan fingerprint density at radius 3 is 2.64 bits per heavy atom. The van der Waals surface area contributed by atoms with Gasteiger partial charge >= 0.3 is 5.97 Å². The number of rotatable bonds is 12. The molecule has 2 aliphatic heterocycles. The lowest BCUT2D eigenvalue weighted by molar-refractivity contribution is -0.150. The molecule has 0 saturated carbocycles. The second kappa shape index (κ2) is 13.2. The second-order valence-electron chi connectivity index (χ2n) is 9.96. The molecule has 2 fully saturated rings. The van der Waals surface area contributed by atoms with Crippen LogP contribution in [0.25, 0.3) is 10.8 Å². The van der Waals surface area contributed by atoms with E-state index in [1.54, 1.807) is 0 Å². The topological polar surface area (TPSA) is 61.9 Å². The molecular weight excluding hydrogens is 490 g/mol. The highest BCUT2D eigenvalue weighted by Gasteiger charge is 2.50. The van der Waals surface area contributed by atoms with Gasteiger partial charge in [0.25, 0.3) is 0 Å². The van der Waals surface area contributed by atoms with Crippen LogP contribution in [-0.2, 0) is 14.3 Å². The van der Waals surface area contributed by atoms with Crippen molar-refractivity contribution in [3.05, 3.63) is 48.0 Å². The normalized spacial score (nSPS) is 23.8. The molecule has 0 aromatic heterocycles. The van der Waals surface area contributed by atoms with Crippen molar-refractivity contribution in [3.63, 3.8) is 0 Å². The minimum atomic E-state index is -0.157. The Bertz CT molecular complexity index is 1040. The zero-order chi connectivity index (χ0) is 25.5. The molecule has 196 valence electrons. The Kier molecular flexibility index (Phi) is 9.99. The largest absolute Gasteiger partial charge is 0.469 e. The maximum atomic E-state index is 13.1. The number of ether oxygens (including phenoxy) is 1. The summed E-state index contributed by atoms with van der Waals surface area (Å²) in [6.07, 6.45) is 4.08. The Morgan fingerprint density at radius 2 is 1.89 bits per heavy atom. The van der Waals surface area contributed by atoms with Crippen LogP contribution in [0.4, 0.5) is 0 Å². The van der Waals surface area contributed by atoms with Gasteiger partial charge in [-0.1, -0.05) is 42.5 Å². The van der Waals surface area contributed by atoms with Crippen molar-refractivity contribution >= 4 is 47.9 Å². The summed E-state index contributed by atoms with van der Waals surface area (Å²) in [5.41, 5.74) is 1.24. The molecule has 0 unspecified atom stereocenters. The second-order valence-corrected chi connectivity index (χ2v) is 10.9. The number of carbonyl (C=O) groups excluding carboxylic acids is 2. The summed E-state index contributed by atoms with van der Waals surface area (Å²) < 4.78 is 5.35. The molecule has 4 atom stereocenters. The van der Waals surface area contributed by atoms with Crippen LogP contribution in [0.15, 0.2) is 42.5 Å². The number of fused-ring (bicyclic) bond motifs is 3. The third kappa shape index (κ3) is 6.39. The van der Waals surface area contributed by atoms with Crippen molar-refractivity contribution in [2.24, 2.45) is 5.92 Å². The van der Waals surface area contributed by atoms with Crippen LogP contribution < -0.4 is 5.32 Å². The van der Waals surface area contributed by atoms with Crippen molar-refractivity contribution in [2.75, 3.05) is 51.3 Å². The highest BCUT2D eigenvalue weighted by molar-refractivity contribution is 7.80. The van der Waals surface area contributed by atoms with Gasteiger partial charge < -0.3 is 10.1 Å². The molecule has 2 aromatic rings. The molecule has 36 heavy (non-hydrogen) atoms. The highest BCUT2D eigenvalue weighted by Crippen LogP contribution is 2.47. The fraction of sp³-hybridized carbons (Fsp3) is 0.571. The van der Waals surface area contributed by atoms with E-state index in [0.29, 0.717) is 30.6 Å². The third-order valence-electron chi connectivity index (χ3n) is 7.85. The van der Waals surface area contributed by atoms with Crippen LogP contribution >= 0.6 is 25.3 Å². The molecule has 2 bridgehead atoms. The fourth-order valence-electron chi connectivity index (χ4n) is 6.24. The fourth-order valence-corrected chi connectivity index (χ4v) is 6.64. The summed E-state index contributed by atoms with van der Waals surface area (Å²) in [6.45, 7) is 3.51. The molecule has 6 nitrogen and oxygen atoms in total. The van der Waals surface area contributed by atoms with Crippen molar-refractivity contribution in [1.29, 1.82) is 0 Å². The van der Waals surface area contributed by atoms with E-state index in [0.717, 1.165) is 45.3 Å². The van der Waals surface area contributed by atoms with E-state index >= 15 is 0 Å². The summed E-state index contributed by atoms with van der Waals surface area (Å²) >= 11 is 8.54. The Labute approximate surface area is 225 Å². The minimum Gasteiger partial charge on any atom is -0.469 e. The summed E-state index contributed by atoms with van der Waals surface area (Å²) in [5.74, 6) is 1.31. The number of carbonyl (C=O) groups is 2. The summed E-state index contributed by atoms with van der Waals surface area (Å²) in [6, 6.07) is 15.7. The van der Waals surface area contributed by atoms with E-state index in [1.165, 1.54) is 23.4 Å². The van der Waals surface area contributed by atoms with Gasteiger partial charge in [-0.05, 0) is 55.1 Å². The van der Waals surface area contributed by atoms with E-state index in [9.17, 15) is 9.59 Å². The zero-order valence-corrected chi connectivity index (χ0v) is 22.9. The molecule has 8 heteroatoms. The Hall–Kier alpha value is -1.74. The number of methoxy groups -OCH3 is 1. The smallest absolute Gasteiger partial charge is 0.310 e. The standard InChI is InChI=1S/C28H39N3O3S2/c1-34-28(33)27-24(22-8-7-20-5-2-3-6-21(20)17-22)18-23-9-10-25(27)31(23)13-4-12-30(14-16-36)19-26(32)29-11-15-35/h2-3,5-8,17,23-25,27,35-36H,4,9-16,18-19H2,1H3,(H,29,32)/t23-,24-,25+,27-/m0/s1. The zero-order valence-electron chi connectivity index (χ0n) is 21.1. The molecule has 1 N–H and O–H groups in total. The Balaban J connectivity index is 1.43. The number of thiol groups is 2. The Morgan fingerprint density at radius 1 is 1.08 bits per heavy atom. The maximum Gasteiger partial charge on any atom is 0.310 e. The first-order valence-electron chi connectivity index (χ1n) is 13.1. The van der Waals surface area contributed by atoms with Crippen molar-refractivity contribution in [2.45, 2.75) is 43.7 Å².